The van der Waals surface area contributed by atoms with Gasteiger partial charge in [0.25, 0.3) is 0 Å². The zero-order chi connectivity index (χ0) is 19.4. The Morgan fingerprint density at radius 1 is 1.04 bits per heavy atom. The van der Waals surface area contributed by atoms with Gasteiger partial charge in [-0.1, -0.05) is 29.3 Å². The van der Waals surface area contributed by atoms with Crippen LogP contribution in [0.15, 0.2) is 41.3 Å². The molecule has 1 aliphatic heterocycles. The number of carbonyl (C=O) groups is 1. The minimum Gasteiger partial charge on any atom is -0.486 e. The molecule has 0 saturated carbocycles. The quantitative estimate of drug-likeness (QED) is 0.650. The first-order valence-corrected chi connectivity index (χ1v) is 10.5. The van der Waals surface area contributed by atoms with Crippen LogP contribution in [0.4, 0.5) is 0 Å². The van der Waals surface area contributed by atoms with Crippen LogP contribution < -0.4 is 9.47 Å². The van der Waals surface area contributed by atoms with Crippen molar-refractivity contribution in [2.24, 2.45) is 0 Å². The van der Waals surface area contributed by atoms with E-state index >= 15 is 0 Å². The summed E-state index contributed by atoms with van der Waals surface area (Å²) in [6, 6.07) is 9.19. The summed E-state index contributed by atoms with van der Waals surface area (Å²) in [5.41, 5.74) is 0.587. The maximum atomic E-state index is 12.4. The van der Waals surface area contributed by atoms with Crippen LogP contribution in [0.3, 0.4) is 0 Å². The number of hydrogen-bond acceptors (Lipinski definition) is 6. The van der Waals surface area contributed by atoms with Crippen LogP contribution in [0, 0.1) is 0 Å². The number of carbonyl (C=O) groups excluding carboxylic acids is 1. The van der Waals surface area contributed by atoms with E-state index in [9.17, 15) is 13.2 Å². The van der Waals surface area contributed by atoms with Gasteiger partial charge in [-0.2, -0.15) is 0 Å². The third kappa shape index (κ3) is 5.06. The second kappa shape index (κ2) is 8.37. The molecule has 3 rings (SSSR count). The molecule has 0 saturated heterocycles. The first-order valence-electron chi connectivity index (χ1n) is 8.07. The maximum absolute atomic E-state index is 12.4. The third-order valence-corrected chi connectivity index (χ3v) is 6.15. The van der Waals surface area contributed by atoms with Gasteiger partial charge < -0.3 is 14.2 Å². The van der Waals surface area contributed by atoms with E-state index in [1.807, 2.05) is 0 Å². The van der Waals surface area contributed by atoms with Gasteiger partial charge in [-0.15, -0.1) is 0 Å². The van der Waals surface area contributed by atoms with Crippen LogP contribution in [0.2, 0.25) is 10.0 Å². The smallest absolute Gasteiger partial charge is 0.307 e. The summed E-state index contributed by atoms with van der Waals surface area (Å²) in [7, 11) is -3.67. The molecule has 0 N–H and O–H groups in total. The second-order valence-corrected chi connectivity index (χ2v) is 8.72. The van der Waals surface area contributed by atoms with Crippen LogP contribution in [0.1, 0.15) is 12.0 Å². The average molecular weight is 431 g/mol. The van der Waals surface area contributed by atoms with E-state index in [-0.39, 0.29) is 23.7 Å². The van der Waals surface area contributed by atoms with E-state index in [2.05, 4.69) is 0 Å². The molecule has 0 unspecified atom stereocenters. The van der Waals surface area contributed by atoms with Crippen LogP contribution in [0.25, 0.3) is 0 Å². The molecule has 0 aromatic heterocycles. The van der Waals surface area contributed by atoms with Gasteiger partial charge in [0, 0.05) is 21.7 Å². The zero-order valence-corrected chi connectivity index (χ0v) is 16.4. The van der Waals surface area contributed by atoms with Crippen molar-refractivity contribution < 1.29 is 27.4 Å². The number of halogens is 2. The van der Waals surface area contributed by atoms with Crippen molar-refractivity contribution >= 4 is 39.0 Å². The lowest BCUT2D eigenvalue weighted by Gasteiger charge is -2.18. The molecule has 144 valence electrons. The Hall–Kier alpha value is -1.96. The van der Waals surface area contributed by atoms with E-state index < -0.39 is 15.8 Å². The highest BCUT2D eigenvalue weighted by molar-refractivity contribution is 7.91. The minimum absolute atomic E-state index is 0.0566. The van der Waals surface area contributed by atoms with Gasteiger partial charge in [-0.05, 0) is 24.3 Å². The molecule has 1 heterocycles. The van der Waals surface area contributed by atoms with Gasteiger partial charge in [0.2, 0.25) is 0 Å². The molecule has 2 aromatic rings. The minimum atomic E-state index is -3.67. The molecule has 9 heteroatoms. The number of rotatable bonds is 6. The van der Waals surface area contributed by atoms with Crippen LogP contribution in [0.5, 0.6) is 11.5 Å². The van der Waals surface area contributed by atoms with Crippen molar-refractivity contribution in [3.8, 4) is 11.5 Å². The van der Waals surface area contributed by atoms with Crippen molar-refractivity contribution in [3.63, 3.8) is 0 Å². The largest absolute Gasteiger partial charge is 0.486 e. The average Bonchev–Trinajstić information content (AvgIpc) is 2.65. The van der Waals surface area contributed by atoms with E-state index in [1.54, 1.807) is 24.3 Å². The summed E-state index contributed by atoms with van der Waals surface area (Å²) in [5, 5.41) is 0.847. The lowest BCUT2D eigenvalue weighted by molar-refractivity contribution is -0.144. The van der Waals surface area contributed by atoms with Gasteiger partial charge >= 0.3 is 5.97 Å². The fraction of sp³-hybridized carbons (Fsp3) is 0.278. The Morgan fingerprint density at radius 2 is 1.78 bits per heavy atom. The third-order valence-electron chi connectivity index (χ3n) is 3.85. The Morgan fingerprint density at radius 3 is 2.52 bits per heavy atom. The fourth-order valence-electron chi connectivity index (χ4n) is 2.42. The molecule has 0 spiro atoms. The molecular weight excluding hydrogens is 415 g/mol. The zero-order valence-electron chi connectivity index (χ0n) is 14.1. The first-order chi connectivity index (χ1) is 12.8. The summed E-state index contributed by atoms with van der Waals surface area (Å²) >= 11 is 11.8. The molecule has 0 fully saturated rings. The molecule has 0 radical (unpaired) electrons. The number of hydrogen-bond donors (Lipinski definition) is 0. The summed E-state index contributed by atoms with van der Waals surface area (Å²) in [5.74, 6) is -0.135. The van der Waals surface area contributed by atoms with E-state index in [1.165, 1.54) is 12.1 Å². The summed E-state index contributed by atoms with van der Waals surface area (Å²) in [6.45, 7) is 0.720. The predicted molar refractivity (Wildman–Crippen MR) is 100 cm³/mol. The predicted octanol–water partition coefficient (Wildman–Crippen LogP) is 3.67. The van der Waals surface area contributed by atoms with Crippen molar-refractivity contribution in [2.75, 3.05) is 19.0 Å². The summed E-state index contributed by atoms with van der Waals surface area (Å²) in [6.07, 6.45) is -0.276. The first kappa shape index (κ1) is 19.8. The number of sulfone groups is 1. The van der Waals surface area contributed by atoms with Crippen molar-refractivity contribution in [2.45, 2.75) is 17.9 Å². The molecule has 2 aromatic carbocycles. The SMILES string of the molecule is O=C(CCS(=O)(=O)c1ccc2c(c1)OCCO2)OCc1ccc(Cl)cc1Cl. The fourth-order valence-corrected chi connectivity index (χ4v) is 4.12. The lowest BCUT2D eigenvalue weighted by atomic mass is 10.2. The number of benzene rings is 2. The van der Waals surface area contributed by atoms with Crippen LogP contribution >= 0.6 is 23.2 Å². The molecule has 6 nitrogen and oxygen atoms in total. The van der Waals surface area contributed by atoms with Crippen LogP contribution in [-0.2, 0) is 26.0 Å². The number of fused-ring (bicyclic) bond motifs is 1. The van der Waals surface area contributed by atoms with Gasteiger partial charge in [0.1, 0.15) is 19.8 Å². The van der Waals surface area contributed by atoms with Crippen molar-refractivity contribution in [1.82, 2.24) is 0 Å². The second-order valence-electron chi connectivity index (χ2n) is 5.77. The highest BCUT2D eigenvalue weighted by atomic mass is 35.5. The molecular formula is C18H16Cl2O6S. The number of esters is 1. The van der Waals surface area contributed by atoms with Crippen molar-refractivity contribution in [1.29, 1.82) is 0 Å². The molecule has 0 amide bonds. The van der Waals surface area contributed by atoms with Gasteiger partial charge in [0.15, 0.2) is 21.3 Å². The molecule has 1 aliphatic rings. The molecule has 0 atom stereocenters. The molecule has 27 heavy (non-hydrogen) atoms. The van der Waals surface area contributed by atoms with Gasteiger partial charge in [-0.3, -0.25) is 4.79 Å². The maximum Gasteiger partial charge on any atom is 0.307 e. The Balaban J connectivity index is 1.57. The lowest BCUT2D eigenvalue weighted by Crippen LogP contribution is -2.17. The van der Waals surface area contributed by atoms with E-state index in [0.717, 1.165) is 0 Å². The normalized spacial score (nSPS) is 13.3. The molecule has 0 aliphatic carbocycles. The van der Waals surface area contributed by atoms with Crippen LogP contribution in [-0.4, -0.2) is 33.4 Å². The Labute approximate surface area is 166 Å². The van der Waals surface area contributed by atoms with Crippen molar-refractivity contribution in [3.05, 3.63) is 52.0 Å². The highest BCUT2D eigenvalue weighted by Gasteiger charge is 2.21. The highest BCUT2D eigenvalue weighted by Crippen LogP contribution is 2.32. The number of ether oxygens (including phenoxy) is 3. The Kier molecular flexibility index (Phi) is 6.14. The summed E-state index contributed by atoms with van der Waals surface area (Å²) < 4.78 is 40.7. The van der Waals surface area contributed by atoms with E-state index in [0.29, 0.717) is 40.3 Å². The van der Waals surface area contributed by atoms with Gasteiger partial charge in [-0.25, -0.2) is 8.42 Å². The standard InChI is InChI=1S/C18H16Cl2O6S/c19-13-2-1-12(15(20)9-13)11-26-18(21)5-8-27(22,23)14-3-4-16-17(10-14)25-7-6-24-16/h1-4,9-10H,5-8,11H2. The monoisotopic (exact) mass is 430 g/mol. The molecule has 0 bridgehead atoms. The van der Waals surface area contributed by atoms with E-state index in [4.69, 9.17) is 37.4 Å². The van der Waals surface area contributed by atoms with Gasteiger partial charge in [0.05, 0.1) is 17.1 Å². The summed E-state index contributed by atoms with van der Waals surface area (Å²) in [4.78, 5) is 12.0. The Bertz CT molecular complexity index is 958. The topological polar surface area (TPSA) is 78.9 Å².